The molecule has 3 heteroatoms. The highest BCUT2D eigenvalue weighted by molar-refractivity contribution is 7.30. The van der Waals surface area contributed by atoms with E-state index in [1.54, 1.807) is 0 Å². The molecule has 0 N–H and O–H groups in total. The Hall–Kier alpha value is -2.10. The number of nitrogens with zero attached hydrogens (tertiary/aromatic N) is 1. The van der Waals surface area contributed by atoms with Crippen LogP contribution in [0.2, 0.25) is 0 Å². The molecule has 2 aromatic carbocycles. The fourth-order valence-corrected chi connectivity index (χ4v) is 5.24. The summed E-state index contributed by atoms with van der Waals surface area (Å²) in [7, 11) is 0. The molecule has 0 unspecified atom stereocenters. The third-order valence-corrected chi connectivity index (χ3v) is 6.13. The van der Waals surface area contributed by atoms with Crippen LogP contribution in [0.4, 0.5) is 0 Å². The molecule has 1 nitrogen and oxygen atoms in total. The largest absolute Gasteiger partial charge is 0.307 e. The number of thiophene rings is 2. The van der Waals surface area contributed by atoms with Crippen molar-refractivity contribution in [3.8, 4) is 5.69 Å². The summed E-state index contributed by atoms with van der Waals surface area (Å²) in [6, 6.07) is 21.6. The van der Waals surface area contributed by atoms with Gasteiger partial charge in [0.05, 0.1) is 20.4 Å². The summed E-state index contributed by atoms with van der Waals surface area (Å²) in [4.78, 5) is 0. The second kappa shape index (κ2) is 4.20. The van der Waals surface area contributed by atoms with Crippen molar-refractivity contribution >= 4 is 53.2 Å². The monoisotopic (exact) mass is 305 g/mol. The summed E-state index contributed by atoms with van der Waals surface area (Å²) in [5, 5.41) is 3.54. The molecule has 3 heterocycles. The molecule has 0 bridgehead atoms. The van der Waals surface area contributed by atoms with E-state index in [0.717, 1.165) is 0 Å². The van der Waals surface area contributed by atoms with Crippen LogP contribution in [0.25, 0.3) is 36.2 Å². The van der Waals surface area contributed by atoms with Crippen molar-refractivity contribution in [3.63, 3.8) is 0 Å². The number of benzene rings is 2. The second-order valence-corrected chi connectivity index (χ2v) is 7.05. The van der Waals surface area contributed by atoms with Crippen LogP contribution < -0.4 is 0 Å². The van der Waals surface area contributed by atoms with Gasteiger partial charge in [-0.2, -0.15) is 0 Å². The van der Waals surface area contributed by atoms with E-state index in [1.807, 2.05) is 22.7 Å². The summed E-state index contributed by atoms with van der Waals surface area (Å²) in [5.41, 5.74) is 3.90. The molecule has 3 aromatic heterocycles. The zero-order valence-electron chi connectivity index (χ0n) is 11.1. The minimum Gasteiger partial charge on any atom is -0.307 e. The Labute approximate surface area is 129 Å². The van der Waals surface area contributed by atoms with E-state index < -0.39 is 0 Å². The fraction of sp³-hybridized carbons (Fsp3) is 0. The predicted molar refractivity (Wildman–Crippen MR) is 94.0 cm³/mol. The van der Waals surface area contributed by atoms with Crippen molar-refractivity contribution in [1.82, 2.24) is 4.57 Å². The Morgan fingerprint density at radius 1 is 0.762 bits per heavy atom. The molecule has 5 aromatic rings. The van der Waals surface area contributed by atoms with Crippen LogP contribution in [-0.4, -0.2) is 4.57 Å². The smallest absolute Gasteiger partial charge is 0.0736 e. The van der Waals surface area contributed by atoms with Crippen LogP contribution in [0.5, 0.6) is 0 Å². The van der Waals surface area contributed by atoms with Crippen molar-refractivity contribution in [3.05, 3.63) is 66.0 Å². The number of rotatable bonds is 1. The van der Waals surface area contributed by atoms with E-state index >= 15 is 0 Å². The van der Waals surface area contributed by atoms with Gasteiger partial charge in [-0.1, -0.05) is 36.4 Å². The SMILES string of the molecule is c1ccc(-n2c3ccsc3c3sc4ccccc4c32)cc1. The summed E-state index contributed by atoms with van der Waals surface area (Å²) in [6.07, 6.45) is 0. The highest BCUT2D eigenvalue weighted by atomic mass is 32.1. The topological polar surface area (TPSA) is 4.93 Å². The molecule has 0 saturated carbocycles. The average Bonchev–Trinajstić information content (AvgIpc) is 3.19. The Balaban J connectivity index is 2.07. The van der Waals surface area contributed by atoms with Gasteiger partial charge in [0.25, 0.3) is 0 Å². The molecule has 0 spiro atoms. The van der Waals surface area contributed by atoms with Gasteiger partial charge in [0.15, 0.2) is 0 Å². The van der Waals surface area contributed by atoms with Crippen LogP contribution in [0.15, 0.2) is 66.0 Å². The summed E-state index contributed by atoms with van der Waals surface area (Å²) >= 11 is 3.74. The van der Waals surface area contributed by atoms with E-state index in [-0.39, 0.29) is 0 Å². The fourth-order valence-electron chi connectivity index (χ4n) is 3.02. The number of aromatic nitrogens is 1. The molecule has 5 rings (SSSR count). The van der Waals surface area contributed by atoms with Gasteiger partial charge < -0.3 is 4.57 Å². The Morgan fingerprint density at radius 2 is 1.57 bits per heavy atom. The maximum atomic E-state index is 2.40. The van der Waals surface area contributed by atoms with Gasteiger partial charge in [-0.25, -0.2) is 0 Å². The molecule has 0 aliphatic rings. The highest BCUT2D eigenvalue weighted by Gasteiger charge is 2.17. The molecule has 0 radical (unpaired) electrons. The Bertz CT molecular complexity index is 1080. The van der Waals surface area contributed by atoms with Gasteiger partial charge in [0.2, 0.25) is 0 Å². The lowest BCUT2D eigenvalue weighted by Gasteiger charge is -2.06. The van der Waals surface area contributed by atoms with Crippen molar-refractivity contribution in [2.45, 2.75) is 0 Å². The first-order valence-electron chi connectivity index (χ1n) is 6.88. The lowest BCUT2D eigenvalue weighted by molar-refractivity contribution is 1.19. The predicted octanol–water partition coefficient (Wildman–Crippen LogP) is 6.06. The quantitative estimate of drug-likeness (QED) is 0.355. The molecule has 0 fully saturated rings. The summed E-state index contributed by atoms with van der Waals surface area (Å²) < 4.78 is 6.57. The molecular formula is C18H11NS2. The van der Waals surface area contributed by atoms with E-state index in [9.17, 15) is 0 Å². The van der Waals surface area contributed by atoms with Crippen molar-refractivity contribution < 1.29 is 0 Å². The van der Waals surface area contributed by atoms with Crippen LogP contribution in [0.1, 0.15) is 0 Å². The molecule has 100 valence electrons. The van der Waals surface area contributed by atoms with E-state index in [2.05, 4.69) is 70.6 Å². The standard InChI is InChI=1S/C18H11NS2/c1-2-6-12(7-3-1)19-14-10-11-20-17(14)18-16(19)13-8-4-5-9-15(13)21-18/h1-11H. The van der Waals surface area contributed by atoms with Gasteiger partial charge in [0.1, 0.15) is 0 Å². The van der Waals surface area contributed by atoms with Crippen LogP contribution in [-0.2, 0) is 0 Å². The van der Waals surface area contributed by atoms with E-state index in [0.29, 0.717) is 0 Å². The van der Waals surface area contributed by atoms with E-state index in [4.69, 9.17) is 0 Å². The molecule has 0 aliphatic carbocycles. The van der Waals surface area contributed by atoms with E-state index in [1.165, 1.54) is 36.2 Å². The van der Waals surface area contributed by atoms with Crippen LogP contribution in [0, 0.1) is 0 Å². The maximum Gasteiger partial charge on any atom is 0.0736 e. The number of para-hydroxylation sites is 1. The van der Waals surface area contributed by atoms with Gasteiger partial charge in [-0.3, -0.25) is 0 Å². The molecule has 0 saturated heterocycles. The maximum absolute atomic E-state index is 2.40. The van der Waals surface area contributed by atoms with Gasteiger partial charge >= 0.3 is 0 Å². The molecule has 0 aliphatic heterocycles. The van der Waals surface area contributed by atoms with Gasteiger partial charge in [0, 0.05) is 15.8 Å². The normalized spacial score (nSPS) is 11.8. The average molecular weight is 305 g/mol. The minimum absolute atomic E-state index is 1.24. The zero-order valence-corrected chi connectivity index (χ0v) is 12.7. The second-order valence-electron chi connectivity index (χ2n) is 5.08. The van der Waals surface area contributed by atoms with Crippen molar-refractivity contribution in [2.75, 3.05) is 0 Å². The number of hydrogen-bond donors (Lipinski definition) is 0. The van der Waals surface area contributed by atoms with Crippen molar-refractivity contribution in [2.24, 2.45) is 0 Å². The summed E-state index contributed by atoms with van der Waals surface area (Å²) in [6.45, 7) is 0. The molecule has 0 atom stereocenters. The lowest BCUT2D eigenvalue weighted by Crippen LogP contribution is -1.91. The van der Waals surface area contributed by atoms with Gasteiger partial charge in [-0.05, 0) is 29.6 Å². The van der Waals surface area contributed by atoms with Crippen LogP contribution >= 0.6 is 22.7 Å². The van der Waals surface area contributed by atoms with Crippen LogP contribution in [0.3, 0.4) is 0 Å². The zero-order chi connectivity index (χ0) is 13.8. The lowest BCUT2D eigenvalue weighted by atomic mass is 10.2. The molecular weight excluding hydrogens is 294 g/mol. The Kier molecular flexibility index (Phi) is 2.31. The molecule has 21 heavy (non-hydrogen) atoms. The first-order chi connectivity index (χ1) is 10.4. The van der Waals surface area contributed by atoms with Crippen molar-refractivity contribution in [1.29, 1.82) is 0 Å². The third kappa shape index (κ3) is 1.50. The highest BCUT2D eigenvalue weighted by Crippen LogP contribution is 2.43. The third-order valence-electron chi connectivity index (χ3n) is 3.90. The summed E-state index contributed by atoms with van der Waals surface area (Å²) in [5.74, 6) is 0. The number of hydrogen-bond acceptors (Lipinski definition) is 2. The Morgan fingerprint density at radius 3 is 2.48 bits per heavy atom. The minimum atomic E-state index is 1.24. The first-order valence-corrected chi connectivity index (χ1v) is 8.58. The molecule has 0 amide bonds. The number of fused-ring (bicyclic) bond motifs is 5. The van der Waals surface area contributed by atoms with Gasteiger partial charge in [-0.15, -0.1) is 22.7 Å². The first kappa shape index (κ1) is 11.5.